The molecule has 0 bridgehead atoms. The molecule has 1 atom stereocenters. The number of rotatable bonds is 3. The van der Waals surface area contributed by atoms with E-state index in [0.717, 1.165) is 27.3 Å². The fraction of sp³-hybridized carbons (Fsp3) is 0.308. The van der Waals surface area contributed by atoms with Crippen molar-refractivity contribution in [2.75, 3.05) is 10.8 Å². The Morgan fingerprint density at radius 1 is 1.43 bits per heavy atom. The number of carbonyl (C=O) groups is 1. The van der Waals surface area contributed by atoms with Crippen molar-refractivity contribution in [2.24, 2.45) is 13.0 Å². The molecule has 0 saturated carbocycles. The first-order valence-electron chi connectivity index (χ1n) is 6.69. The summed E-state index contributed by atoms with van der Waals surface area (Å²) in [4.78, 5) is 11.3. The number of carboxylic acids is 1. The lowest BCUT2D eigenvalue weighted by Gasteiger charge is -2.33. The normalized spacial score (nSPS) is 17.8. The van der Waals surface area contributed by atoms with Crippen LogP contribution in [0.15, 0.2) is 29.4 Å². The van der Waals surface area contributed by atoms with Crippen LogP contribution in [0.25, 0.3) is 0 Å². The fourth-order valence-electron chi connectivity index (χ4n) is 2.61. The Kier molecular flexibility index (Phi) is 3.55. The van der Waals surface area contributed by atoms with Crippen LogP contribution in [-0.4, -0.2) is 41.0 Å². The zero-order chi connectivity index (χ0) is 16.8. The molecule has 3 rings (SSSR count). The van der Waals surface area contributed by atoms with Crippen LogP contribution in [0.5, 0.6) is 0 Å². The van der Waals surface area contributed by atoms with Crippen LogP contribution in [0.4, 0.5) is 10.1 Å². The van der Waals surface area contributed by atoms with Crippen molar-refractivity contribution in [3.8, 4) is 0 Å². The standard InChI is InChI=1S/C13H13FN4O4S/c1-17-12(6-15-16-17)23(21,22)18-7-9(13(19)20)4-8-5-10(14)2-3-11(8)18/h2-3,5-6,9H,4,7H2,1H3,(H,19,20). The topological polar surface area (TPSA) is 105 Å². The van der Waals surface area contributed by atoms with Gasteiger partial charge < -0.3 is 5.11 Å². The molecule has 0 radical (unpaired) electrons. The summed E-state index contributed by atoms with van der Waals surface area (Å²) in [7, 11) is -2.64. The quantitative estimate of drug-likeness (QED) is 0.867. The highest BCUT2D eigenvalue weighted by Gasteiger charge is 2.37. The van der Waals surface area contributed by atoms with E-state index < -0.39 is 27.7 Å². The minimum Gasteiger partial charge on any atom is -0.481 e. The van der Waals surface area contributed by atoms with Crippen molar-refractivity contribution in [3.63, 3.8) is 0 Å². The van der Waals surface area contributed by atoms with Gasteiger partial charge in [-0.05, 0) is 30.2 Å². The maximum Gasteiger partial charge on any atom is 0.308 e. The molecule has 122 valence electrons. The van der Waals surface area contributed by atoms with Gasteiger partial charge in [-0.2, -0.15) is 8.42 Å². The summed E-state index contributed by atoms with van der Waals surface area (Å²) >= 11 is 0. The molecule has 1 N–H and O–H groups in total. The summed E-state index contributed by atoms with van der Waals surface area (Å²) in [5.41, 5.74) is 0.604. The summed E-state index contributed by atoms with van der Waals surface area (Å²) in [5, 5.41) is 16.2. The van der Waals surface area contributed by atoms with Gasteiger partial charge in [0.25, 0.3) is 10.0 Å². The van der Waals surface area contributed by atoms with Crippen molar-refractivity contribution in [1.82, 2.24) is 15.0 Å². The van der Waals surface area contributed by atoms with Gasteiger partial charge in [-0.25, -0.2) is 9.07 Å². The van der Waals surface area contributed by atoms with Crippen LogP contribution in [0, 0.1) is 11.7 Å². The van der Waals surface area contributed by atoms with Crippen molar-refractivity contribution in [1.29, 1.82) is 0 Å². The highest BCUT2D eigenvalue weighted by Crippen LogP contribution is 2.34. The number of hydrogen-bond donors (Lipinski definition) is 1. The second kappa shape index (κ2) is 5.30. The van der Waals surface area contributed by atoms with Crippen LogP contribution in [-0.2, 0) is 28.3 Å². The number of carboxylic acid groups (broad SMARTS) is 1. The van der Waals surface area contributed by atoms with Gasteiger partial charge in [-0.3, -0.25) is 9.10 Å². The Labute approximate surface area is 131 Å². The molecule has 0 amide bonds. The zero-order valence-electron chi connectivity index (χ0n) is 12.0. The van der Waals surface area contributed by atoms with Crippen LogP contribution < -0.4 is 4.31 Å². The van der Waals surface area contributed by atoms with E-state index in [2.05, 4.69) is 10.3 Å². The molecule has 2 heterocycles. The molecule has 1 aliphatic rings. The maximum absolute atomic E-state index is 13.4. The number of hydrogen-bond acceptors (Lipinski definition) is 5. The van der Waals surface area contributed by atoms with Gasteiger partial charge in [-0.15, -0.1) is 5.10 Å². The van der Waals surface area contributed by atoms with Crippen molar-refractivity contribution < 1.29 is 22.7 Å². The van der Waals surface area contributed by atoms with Gasteiger partial charge in [0.1, 0.15) is 5.82 Å². The SMILES string of the molecule is Cn1nncc1S(=O)(=O)N1CC(C(=O)O)Cc2cc(F)ccc21. The number of halogens is 1. The van der Waals surface area contributed by atoms with E-state index in [1.807, 2.05) is 0 Å². The number of nitrogens with zero attached hydrogens (tertiary/aromatic N) is 4. The second-order valence-electron chi connectivity index (χ2n) is 5.24. The molecule has 1 aliphatic heterocycles. The summed E-state index contributed by atoms with van der Waals surface area (Å²) in [6.45, 7) is -0.235. The van der Waals surface area contributed by atoms with Crippen LogP contribution in [0.2, 0.25) is 0 Å². The molecule has 1 unspecified atom stereocenters. The lowest BCUT2D eigenvalue weighted by Crippen LogP contribution is -2.43. The summed E-state index contributed by atoms with van der Waals surface area (Å²) in [6, 6.07) is 3.64. The van der Waals surface area contributed by atoms with Crippen molar-refractivity contribution in [3.05, 3.63) is 35.8 Å². The molecule has 0 saturated heterocycles. The van der Waals surface area contributed by atoms with E-state index in [1.165, 1.54) is 13.1 Å². The maximum atomic E-state index is 13.4. The molecule has 1 aromatic carbocycles. The van der Waals surface area contributed by atoms with Crippen molar-refractivity contribution in [2.45, 2.75) is 11.4 Å². The number of fused-ring (bicyclic) bond motifs is 1. The molecule has 8 nitrogen and oxygen atoms in total. The van der Waals surface area contributed by atoms with Gasteiger partial charge in [0.2, 0.25) is 0 Å². The molecule has 1 aromatic heterocycles. The van der Waals surface area contributed by atoms with Crippen molar-refractivity contribution >= 4 is 21.7 Å². The molecule has 10 heteroatoms. The largest absolute Gasteiger partial charge is 0.481 e. The average molecular weight is 340 g/mol. The highest BCUT2D eigenvalue weighted by atomic mass is 32.2. The van der Waals surface area contributed by atoms with E-state index in [4.69, 9.17) is 0 Å². The second-order valence-corrected chi connectivity index (χ2v) is 7.05. The number of aliphatic carboxylic acids is 1. The summed E-state index contributed by atoms with van der Waals surface area (Å²) in [5.74, 6) is -2.64. The first-order valence-corrected chi connectivity index (χ1v) is 8.13. The predicted octanol–water partition coefficient (Wildman–Crippen LogP) is 0.406. The minimum absolute atomic E-state index is 0.0675. The third-order valence-electron chi connectivity index (χ3n) is 3.74. The minimum atomic E-state index is -4.06. The molecule has 2 aromatic rings. The molecule has 0 spiro atoms. The Morgan fingerprint density at radius 3 is 2.78 bits per heavy atom. The Bertz CT molecular complexity index is 880. The summed E-state index contributed by atoms with van der Waals surface area (Å²) in [6.07, 6.45) is 1.15. The number of aryl methyl sites for hydroxylation is 1. The number of benzene rings is 1. The van der Waals surface area contributed by atoms with Gasteiger partial charge in [0, 0.05) is 13.6 Å². The summed E-state index contributed by atoms with van der Waals surface area (Å²) < 4.78 is 41.2. The molecular weight excluding hydrogens is 327 g/mol. The predicted molar refractivity (Wildman–Crippen MR) is 76.8 cm³/mol. The number of sulfonamides is 1. The monoisotopic (exact) mass is 340 g/mol. The van der Waals surface area contributed by atoms with E-state index in [-0.39, 0.29) is 23.7 Å². The number of anilines is 1. The molecule has 0 fully saturated rings. The Hall–Kier alpha value is -2.49. The van der Waals surface area contributed by atoms with Crippen LogP contribution in [0.1, 0.15) is 5.56 Å². The Balaban J connectivity index is 2.15. The third kappa shape index (κ3) is 2.54. The van der Waals surface area contributed by atoms with E-state index in [1.54, 1.807) is 0 Å². The molecule has 23 heavy (non-hydrogen) atoms. The average Bonchev–Trinajstić information content (AvgIpc) is 2.92. The van der Waals surface area contributed by atoms with E-state index in [0.29, 0.717) is 5.56 Å². The third-order valence-corrected chi connectivity index (χ3v) is 5.56. The highest BCUT2D eigenvalue weighted by molar-refractivity contribution is 7.92. The van der Waals surface area contributed by atoms with Crippen LogP contribution in [0.3, 0.4) is 0 Å². The van der Waals surface area contributed by atoms with Gasteiger partial charge >= 0.3 is 5.97 Å². The van der Waals surface area contributed by atoms with E-state index >= 15 is 0 Å². The first-order chi connectivity index (χ1) is 10.8. The lowest BCUT2D eigenvalue weighted by atomic mass is 9.94. The zero-order valence-corrected chi connectivity index (χ0v) is 12.9. The van der Waals surface area contributed by atoms with Gasteiger partial charge in [0.15, 0.2) is 5.03 Å². The molecular formula is C13H13FN4O4S. The Morgan fingerprint density at radius 2 is 2.17 bits per heavy atom. The van der Waals surface area contributed by atoms with Crippen LogP contribution >= 0.6 is 0 Å². The first kappa shape index (κ1) is 15.4. The lowest BCUT2D eigenvalue weighted by molar-refractivity contribution is -0.141. The number of aromatic nitrogens is 3. The smallest absolute Gasteiger partial charge is 0.308 e. The van der Waals surface area contributed by atoms with Gasteiger partial charge in [0.05, 0.1) is 17.8 Å². The van der Waals surface area contributed by atoms with E-state index in [9.17, 15) is 22.7 Å². The fourth-order valence-corrected chi connectivity index (χ4v) is 4.20. The molecule has 0 aliphatic carbocycles. The van der Waals surface area contributed by atoms with Gasteiger partial charge in [-0.1, -0.05) is 5.21 Å².